The molecule has 1 aliphatic heterocycles. The summed E-state index contributed by atoms with van der Waals surface area (Å²) in [7, 11) is 0. The molecule has 0 saturated heterocycles. The number of hydrogen-bond donors (Lipinski definition) is 1. The summed E-state index contributed by atoms with van der Waals surface area (Å²) in [5, 5.41) is 13.3. The van der Waals surface area contributed by atoms with Crippen LogP contribution in [0.1, 0.15) is 5.56 Å². The molecule has 2 aromatic rings. The predicted octanol–water partition coefficient (Wildman–Crippen LogP) is 1.84. The van der Waals surface area contributed by atoms with Crippen molar-refractivity contribution in [3.63, 3.8) is 0 Å². The van der Waals surface area contributed by atoms with E-state index in [1.807, 2.05) is 6.08 Å². The Morgan fingerprint density at radius 1 is 1.48 bits per heavy atom. The van der Waals surface area contributed by atoms with E-state index in [9.17, 15) is 14.3 Å². The minimum absolute atomic E-state index is 0.344. The van der Waals surface area contributed by atoms with Crippen LogP contribution in [-0.4, -0.2) is 38.3 Å². The Kier molecular flexibility index (Phi) is 3.53. The van der Waals surface area contributed by atoms with Gasteiger partial charge in [-0.3, -0.25) is 9.69 Å². The lowest BCUT2D eigenvalue weighted by Crippen LogP contribution is -2.36. The minimum atomic E-state index is -0.902. The number of aromatic nitrogens is 2. The molecule has 5 nitrogen and oxygen atoms in total. The smallest absolute Gasteiger partial charge is 0.324 e. The molecular weight excluding hydrogens is 273 g/mol. The maximum atomic E-state index is 13.5. The molecule has 1 aliphatic rings. The largest absolute Gasteiger partial charge is 0.480 e. The van der Waals surface area contributed by atoms with Gasteiger partial charge in [0, 0.05) is 25.5 Å². The number of hydrogen-bond acceptors (Lipinski definition) is 3. The molecule has 0 amide bonds. The molecular formula is C15H14FN3O2. The molecule has 3 rings (SSSR count). The molecule has 0 fully saturated rings. The van der Waals surface area contributed by atoms with Crippen LogP contribution in [0.4, 0.5) is 4.39 Å². The van der Waals surface area contributed by atoms with Crippen molar-refractivity contribution in [3.05, 3.63) is 60.2 Å². The highest BCUT2D eigenvalue weighted by molar-refractivity contribution is 5.76. The lowest BCUT2D eigenvalue weighted by molar-refractivity contribution is -0.141. The first-order valence-electron chi connectivity index (χ1n) is 6.57. The molecule has 1 atom stereocenters. The van der Waals surface area contributed by atoms with E-state index in [4.69, 9.17) is 0 Å². The van der Waals surface area contributed by atoms with E-state index in [1.165, 1.54) is 12.1 Å². The van der Waals surface area contributed by atoms with Crippen LogP contribution in [0.3, 0.4) is 0 Å². The van der Waals surface area contributed by atoms with Crippen LogP contribution >= 0.6 is 0 Å². The lowest BCUT2D eigenvalue weighted by atomic mass is 10.1. The third-order valence-corrected chi connectivity index (χ3v) is 3.47. The maximum absolute atomic E-state index is 13.5. The molecule has 6 heteroatoms. The van der Waals surface area contributed by atoms with Crippen molar-refractivity contribution < 1.29 is 14.3 Å². The van der Waals surface area contributed by atoms with Crippen LogP contribution in [0.5, 0.6) is 0 Å². The van der Waals surface area contributed by atoms with Crippen molar-refractivity contribution in [1.82, 2.24) is 14.7 Å². The Morgan fingerprint density at radius 3 is 3.05 bits per heavy atom. The van der Waals surface area contributed by atoms with Gasteiger partial charge in [-0.2, -0.15) is 5.10 Å². The van der Waals surface area contributed by atoms with E-state index < -0.39 is 12.0 Å². The van der Waals surface area contributed by atoms with Crippen molar-refractivity contribution in [1.29, 1.82) is 0 Å². The summed E-state index contributed by atoms with van der Waals surface area (Å²) in [5.74, 6) is -1.25. The van der Waals surface area contributed by atoms with Gasteiger partial charge in [0.15, 0.2) is 0 Å². The van der Waals surface area contributed by atoms with Gasteiger partial charge in [0.05, 0.1) is 5.69 Å². The van der Waals surface area contributed by atoms with E-state index in [-0.39, 0.29) is 5.82 Å². The van der Waals surface area contributed by atoms with Crippen molar-refractivity contribution in [2.45, 2.75) is 12.6 Å². The molecule has 2 heterocycles. The van der Waals surface area contributed by atoms with Crippen LogP contribution in [-0.2, 0) is 11.3 Å². The number of nitrogens with zero attached hydrogens (tertiary/aromatic N) is 3. The standard InChI is InChI=1S/C15H14FN3O2/c16-12-4-5-13(19-8-2-6-17-19)11(9-12)10-18-7-1-3-14(18)15(20)21/h1-6,8-9,14H,7,10H2,(H,20,21)/t14-/m0/s1. The molecule has 0 spiro atoms. The number of halogens is 1. The molecule has 1 aromatic carbocycles. The highest BCUT2D eigenvalue weighted by atomic mass is 19.1. The Morgan fingerprint density at radius 2 is 2.33 bits per heavy atom. The van der Waals surface area contributed by atoms with Gasteiger partial charge in [0.2, 0.25) is 0 Å². The van der Waals surface area contributed by atoms with Gasteiger partial charge in [-0.05, 0) is 29.8 Å². The summed E-state index contributed by atoms with van der Waals surface area (Å²) < 4.78 is 15.2. The first kappa shape index (κ1) is 13.5. The van der Waals surface area contributed by atoms with Gasteiger partial charge in [0.25, 0.3) is 0 Å². The van der Waals surface area contributed by atoms with Gasteiger partial charge < -0.3 is 5.11 Å². The second-order valence-electron chi connectivity index (χ2n) is 4.86. The maximum Gasteiger partial charge on any atom is 0.324 e. The number of aliphatic carboxylic acids is 1. The van der Waals surface area contributed by atoms with E-state index >= 15 is 0 Å². The first-order valence-corrected chi connectivity index (χ1v) is 6.57. The molecule has 108 valence electrons. The number of carbonyl (C=O) groups is 1. The number of carboxylic acid groups (broad SMARTS) is 1. The lowest BCUT2D eigenvalue weighted by Gasteiger charge is -2.22. The molecule has 21 heavy (non-hydrogen) atoms. The fourth-order valence-electron chi connectivity index (χ4n) is 2.50. The second kappa shape index (κ2) is 5.49. The summed E-state index contributed by atoms with van der Waals surface area (Å²) in [5.41, 5.74) is 1.45. The highest BCUT2D eigenvalue weighted by Crippen LogP contribution is 2.21. The summed E-state index contributed by atoms with van der Waals surface area (Å²) >= 11 is 0. The van der Waals surface area contributed by atoms with Crippen LogP contribution in [0.2, 0.25) is 0 Å². The zero-order valence-electron chi connectivity index (χ0n) is 11.2. The third-order valence-electron chi connectivity index (χ3n) is 3.47. The van der Waals surface area contributed by atoms with Crippen LogP contribution in [0, 0.1) is 5.82 Å². The van der Waals surface area contributed by atoms with Crippen LogP contribution in [0.25, 0.3) is 5.69 Å². The average molecular weight is 287 g/mol. The summed E-state index contributed by atoms with van der Waals surface area (Å²) in [6, 6.07) is 5.56. The second-order valence-corrected chi connectivity index (χ2v) is 4.86. The van der Waals surface area contributed by atoms with Crippen molar-refractivity contribution in [2.75, 3.05) is 6.54 Å². The highest BCUT2D eigenvalue weighted by Gasteiger charge is 2.26. The predicted molar refractivity (Wildman–Crippen MR) is 74.5 cm³/mol. The molecule has 0 bridgehead atoms. The van der Waals surface area contributed by atoms with Gasteiger partial charge in [-0.25, -0.2) is 9.07 Å². The monoisotopic (exact) mass is 287 g/mol. The normalized spacial score (nSPS) is 18.2. The Labute approximate surface area is 120 Å². The van der Waals surface area contributed by atoms with Crippen molar-refractivity contribution in [3.8, 4) is 5.69 Å². The first-order chi connectivity index (χ1) is 10.1. The average Bonchev–Trinajstić information content (AvgIpc) is 3.09. The van der Waals surface area contributed by atoms with E-state index in [2.05, 4.69) is 5.10 Å². The molecule has 0 aliphatic carbocycles. The Hall–Kier alpha value is -2.47. The molecule has 1 aromatic heterocycles. The van der Waals surface area contributed by atoms with Crippen molar-refractivity contribution in [2.24, 2.45) is 0 Å². The quantitative estimate of drug-likeness (QED) is 0.872. The van der Waals surface area contributed by atoms with Gasteiger partial charge >= 0.3 is 5.97 Å². The number of rotatable bonds is 4. The fourth-order valence-corrected chi connectivity index (χ4v) is 2.50. The minimum Gasteiger partial charge on any atom is -0.480 e. The van der Waals surface area contributed by atoms with Gasteiger partial charge in [-0.15, -0.1) is 0 Å². The third kappa shape index (κ3) is 2.71. The van der Waals surface area contributed by atoms with Crippen LogP contribution in [0.15, 0.2) is 48.8 Å². The van der Waals surface area contributed by atoms with Gasteiger partial charge in [0.1, 0.15) is 11.9 Å². The Balaban J connectivity index is 1.91. The summed E-state index contributed by atoms with van der Waals surface area (Å²) in [6.45, 7) is 0.878. The summed E-state index contributed by atoms with van der Waals surface area (Å²) in [4.78, 5) is 13.0. The SMILES string of the molecule is O=C(O)[C@@H]1C=CCN1Cc1cc(F)ccc1-n1cccn1. The van der Waals surface area contributed by atoms with Crippen LogP contribution < -0.4 is 0 Å². The topological polar surface area (TPSA) is 58.4 Å². The molecule has 0 radical (unpaired) electrons. The van der Waals surface area contributed by atoms with E-state index in [1.54, 1.807) is 40.2 Å². The summed E-state index contributed by atoms with van der Waals surface area (Å²) in [6.07, 6.45) is 6.87. The Bertz CT molecular complexity index is 682. The molecule has 0 saturated carbocycles. The zero-order chi connectivity index (χ0) is 14.8. The molecule has 1 N–H and O–H groups in total. The zero-order valence-corrected chi connectivity index (χ0v) is 11.2. The fraction of sp³-hybridized carbons (Fsp3) is 0.200. The van der Waals surface area contributed by atoms with Gasteiger partial charge in [-0.1, -0.05) is 12.2 Å². The van der Waals surface area contributed by atoms with E-state index in [0.29, 0.717) is 18.7 Å². The number of carboxylic acids is 1. The number of benzene rings is 1. The van der Waals surface area contributed by atoms with Crippen molar-refractivity contribution >= 4 is 5.97 Å². The molecule has 0 unspecified atom stereocenters. The van der Waals surface area contributed by atoms with E-state index in [0.717, 1.165) is 5.69 Å².